The third kappa shape index (κ3) is 24.3. The number of carboxylic acid groups (broad SMARTS) is 3. The van der Waals surface area contributed by atoms with Gasteiger partial charge in [-0.3, -0.25) is 0 Å². The Labute approximate surface area is 721 Å². The largest absolute Gasteiger partial charge is 0.497 e. The molecule has 7 heterocycles. The van der Waals surface area contributed by atoms with Crippen molar-refractivity contribution in [3.05, 3.63) is 218 Å². The van der Waals surface area contributed by atoms with E-state index < -0.39 is 30.1 Å². The highest BCUT2D eigenvalue weighted by molar-refractivity contribution is 7.13. The fourth-order valence-electron chi connectivity index (χ4n) is 15.2. The van der Waals surface area contributed by atoms with Crippen LogP contribution in [-0.4, -0.2) is 171 Å². The minimum Gasteiger partial charge on any atom is -0.497 e. The number of aliphatic carboxylic acids is 1. The lowest BCUT2D eigenvalue weighted by Crippen LogP contribution is -2.25. The number of alkyl halides is 3. The number of carbonyl (C=O) groups excluding carboxylic acids is 1. The number of nitrogens with zero attached hydrogens (tertiary/aromatic N) is 16. The van der Waals surface area contributed by atoms with E-state index in [-0.39, 0.29) is 53.8 Å². The maximum absolute atomic E-state index is 12.6. The van der Waals surface area contributed by atoms with Crippen LogP contribution in [0.5, 0.6) is 29.1 Å². The fourth-order valence-corrected chi connectivity index (χ4v) is 17.4. The quantitative estimate of drug-likeness (QED) is 0.0408. The van der Waals surface area contributed by atoms with Gasteiger partial charge in [-0.25, -0.2) is 33.6 Å². The van der Waals surface area contributed by atoms with Crippen molar-refractivity contribution in [2.45, 2.75) is 178 Å². The molecule has 37 heteroatoms. The number of methoxy groups -OCH3 is 2. The van der Waals surface area contributed by atoms with E-state index in [1.165, 1.54) is 92.2 Å². The van der Waals surface area contributed by atoms with Crippen LogP contribution in [0.1, 0.15) is 205 Å². The molecule has 0 aliphatic heterocycles. The fraction of sp³-hybridized carbons (Fsp3) is 0.372. The zero-order chi connectivity index (χ0) is 86.2. The molecule has 0 amide bonds. The minimum atomic E-state index is -5.08. The van der Waals surface area contributed by atoms with Crippen molar-refractivity contribution in [2.75, 3.05) is 20.8 Å². The number of aromatic carboxylic acids is 2. The number of H-pyrrole nitrogens is 1. The van der Waals surface area contributed by atoms with E-state index >= 15 is 0 Å². The molecular formula is C86H90F3N17O13S4. The zero-order valence-electron chi connectivity index (χ0n) is 67.6. The molecule has 4 N–H and O–H groups in total. The summed E-state index contributed by atoms with van der Waals surface area (Å²) in [5, 5.41) is 87.5. The van der Waals surface area contributed by atoms with Crippen molar-refractivity contribution >= 4 is 69.2 Å². The average molecular weight is 1760 g/mol. The molecule has 30 nitrogen and oxygen atoms in total. The molecule has 123 heavy (non-hydrogen) atoms. The van der Waals surface area contributed by atoms with Crippen LogP contribution in [0.25, 0.3) is 42.3 Å². The van der Waals surface area contributed by atoms with Gasteiger partial charge in [-0.2, -0.15) is 13.2 Å². The number of aromatic nitrogens is 17. The molecule has 642 valence electrons. The normalized spacial score (nSPS) is 18.7. The Morgan fingerprint density at radius 2 is 0.756 bits per heavy atom. The van der Waals surface area contributed by atoms with Gasteiger partial charge in [0.1, 0.15) is 71.9 Å². The van der Waals surface area contributed by atoms with E-state index in [9.17, 15) is 32.7 Å². The lowest BCUT2D eigenvalue weighted by molar-refractivity contribution is -0.192. The SMILES string of the molecule is CC1CCC(c2ccc(-c3nncs3)cc2)CC1.CCOC(=O)c1nnn(Cc2ccc(OC)cc2)c1OC1CCC(c2ccc(-c3nncs3)cc2)CC1.COc1ccc(Cn2nnc(C(=O)O)c2OC2CCC(c3ccc(-c4nncs4)cc3)CC2)cc1.O=C(O)C(F)(F)F.O=C(O)c1[nH]nnc1OC1CCC(c2ccc(-c3nncs3)cc2)CC1. The van der Waals surface area contributed by atoms with Gasteiger partial charge in [-0.05, 0) is 184 Å². The standard InChI is InChI=1S/C27H29N5O4S.C25H25N5O4S.C17H17N5O3S.C15H18N2S.C2HF3O2/c1-3-35-27(33)24-26(32(31-29-24)16-18-4-12-22(34-2)13-5-18)36-23-14-10-20(11-15-23)19-6-8-21(9-7-19)25-30-28-17-37-25;1-33-20-10-2-16(3-11-20)14-30-24(22(25(31)32)27-29-30)34-21-12-8-18(9-13-21)17-4-6-19(7-5-17)23-28-26-15-35-23;23-17(24)14-15(20-22-19-14)25-13-7-5-11(6-8-13)10-1-3-12(4-2-10)16-21-18-9-26-16;1-11-2-4-12(5-3-11)13-6-8-14(9-7-13)15-17-16-10-18-15;3-2(4,5)1(6)7/h4-9,12-13,17,20,23H,3,10-11,14-16H2,1-2H3;2-7,10-11,15,18,21H,8-9,12-14H2,1H3,(H,31,32);1-4,9,11,13H,5-8H2,(H,23,24)(H,19,20,22);6-12H,2-5H2,1H3;(H,6,7). The minimum absolute atomic E-state index is 0.0294. The number of carboxylic acids is 3. The molecule has 4 aliphatic carbocycles. The molecule has 0 unspecified atom stereocenters. The number of ether oxygens (including phenoxy) is 6. The molecule has 17 rings (SSSR count). The summed E-state index contributed by atoms with van der Waals surface area (Å²) in [5.74, 6) is -0.301. The van der Waals surface area contributed by atoms with Crippen molar-refractivity contribution in [1.29, 1.82) is 0 Å². The second-order valence-corrected chi connectivity index (χ2v) is 33.2. The van der Waals surface area contributed by atoms with E-state index in [4.69, 9.17) is 43.4 Å². The number of halogens is 3. The number of hydrogen-bond acceptors (Lipinski definition) is 28. The smallest absolute Gasteiger partial charge is 0.490 e. The van der Waals surface area contributed by atoms with E-state index in [0.29, 0.717) is 36.7 Å². The molecule has 0 atom stereocenters. The van der Waals surface area contributed by atoms with Crippen molar-refractivity contribution in [2.24, 2.45) is 5.92 Å². The highest BCUT2D eigenvalue weighted by atomic mass is 32.1. The summed E-state index contributed by atoms with van der Waals surface area (Å²) in [6.45, 7) is 5.17. The van der Waals surface area contributed by atoms with Crippen LogP contribution < -0.4 is 23.7 Å². The van der Waals surface area contributed by atoms with Crippen molar-refractivity contribution < 1.29 is 76.1 Å². The third-order valence-corrected chi connectivity index (χ3v) is 24.8. The summed E-state index contributed by atoms with van der Waals surface area (Å²) in [5.41, 5.74) is 18.7. The number of esters is 1. The van der Waals surface area contributed by atoms with Gasteiger partial charge in [-0.15, -0.1) is 51.0 Å². The number of benzene rings is 6. The summed E-state index contributed by atoms with van der Waals surface area (Å²) in [4.78, 5) is 44.3. The molecule has 0 saturated heterocycles. The van der Waals surface area contributed by atoms with E-state index in [1.54, 1.807) is 59.2 Å². The summed E-state index contributed by atoms with van der Waals surface area (Å²) >= 11 is 6.19. The topological polar surface area (TPSA) is 390 Å². The first-order valence-corrected chi connectivity index (χ1v) is 43.7. The number of carbonyl (C=O) groups is 4. The summed E-state index contributed by atoms with van der Waals surface area (Å²) in [7, 11) is 3.25. The predicted molar refractivity (Wildman–Crippen MR) is 453 cm³/mol. The molecule has 4 saturated carbocycles. The second-order valence-electron chi connectivity index (χ2n) is 29.8. The Morgan fingerprint density at radius 3 is 1.06 bits per heavy atom. The predicted octanol–water partition coefficient (Wildman–Crippen LogP) is 18.1. The Hall–Kier alpha value is -12.4. The zero-order valence-corrected chi connectivity index (χ0v) is 70.8. The summed E-state index contributed by atoms with van der Waals surface area (Å²) in [6.07, 6.45) is 11.2. The van der Waals surface area contributed by atoms with E-state index in [0.717, 1.165) is 148 Å². The Bertz CT molecular complexity index is 5430. The molecule has 7 aromatic heterocycles. The highest BCUT2D eigenvalue weighted by Gasteiger charge is 2.39. The van der Waals surface area contributed by atoms with Crippen molar-refractivity contribution in [3.8, 4) is 71.4 Å². The summed E-state index contributed by atoms with van der Waals surface area (Å²) < 4.78 is 68.9. The third-order valence-electron chi connectivity index (χ3n) is 21.8. The van der Waals surface area contributed by atoms with E-state index in [2.05, 4.69) is 181 Å². The maximum atomic E-state index is 12.6. The molecule has 4 aliphatic rings. The Balaban J connectivity index is 0.000000141. The highest BCUT2D eigenvalue weighted by Crippen LogP contribution is 2.42. The van der Waals surface area contributed by atoms with Crippen molar-refractivity contribution in [3.63, 3.8) is 0 Å². The second kappa shape index (κ2) is 42.9. The molecule has 0 radical (unpaired) electrons. The monoisotopic (exact) mass is 1750 g/mol. The van der Waals surface area contributed by atoms with Crippen LogP contribution in [-0.2, 0) is 22.6 Å². The van der Waals surface area contributed by atoms with Gasteiger partial charge in [0.2, 0.25) is 28.8 Å². The lowest BCUT2D eigenvalue weighted by Gasteiger charge is -2.29. The van der Waals surface area contributed by atoms with Gasteiger partial charge in [0, 0.05) is 22.3 Å². The van der Waals surface area contributed by atoms with Gasteiger partial charge in [-0.1, -0.05) is 207 Å². The van der Waals surface area contributed by atoms with Crippen molar-refractivity contribution in [1.82, 2.24) is 86.2 Å². The van der Waals surface area contributed by atoms with Crippen LogP contribution in [0, 0.1) is 5.92 Å². The maximum Gasteiger partial charge on any atom is 0.490 e. The molecule has 6 aromatic carbocycles. The number of nitrogens with one attached hydrogen (secondary N) is 1. The van der Waals surface area contributed by atoms with Crippen LogP contribution in [0.4, 0.5) is 13.2 Å². The summed E-state index contributed by atoms with van der Waals surface area (Å²) in [6, 6.07) is 49.8. The Kier molecular flexibility index (Phi) is 30.9. The van der Waals surface area contributed by atoms with Gasteiger partial charge in [0.15, 0.2) is 0 Å². The average Bonchev–Trinajstić information content (AvgIpc) is 1.67. The lowest BCUT2D eigenvalue weighted by atomic mass is 9.79. The van der Waals surface area contributed by atoms with Gasteiger partial charge in [0.25, 0.3) is 5.88 Å². The van der Waals surface area contributed by atoms with Gasteiger partial charge >= 0.3 is 30.1 Å². The number of hydrogen-bond donors (Lipinski definition) is 4. The van der Waals surface area contributed by atoms with Crippen LogP contribution >= 0.6 is 45.3 Å². The van der Waals surface area contributed by atoms with Gasteiger partial charge in [0.05, 0.1) is 33.9 Å². The number of rotatable bonds is 24. The first-order chi connectivity index (χ1) is 59.7. The molecular weight excluding hydrogens is 1660 g/mol. The Morgan fingerprint density at radius 1 is 0.431 bits per heavy atom. The van der Waals surface area contributed by atoms with Crippen LogP contribution in [0.2, 0.25) is 0 Å². The molecule has 0 bridgehead atoms. The molecule has 13 aromatic rings. The van der Waals surface area contributed by atoms with Gasteiger partial charge < -0.3 is 43.7 Å². The van der Waals surface area contributed by atoms with Crippen LogP contribution in [0.15, 0.2) is 168 Å². The first-order valence-electron chi connectivity index (χ1n) is 40.2. The molecule has 4 fully saturated rings. The molecule has 0 spiro atoms. The first kappa shape index (κ1) is 88.4. The number of aromatic amines is 1. The van der Waals surface area contributed by atoms with Crippen LogP contribution in [0.3, 0.4) is 0 Å². The van der Waals surface area contributed by atoms with E-state index in [1.807, 2.05) is 48.5 Å².